The molecule has 1 nitrogen and oxygen atoms in total. The molecule has 1 heterocycles. The molecule has 0 N–H and O–H groups in total. The van der Waals surface area contributed by atoms with Crippen LogP contribution in [0.2, 0.25) is 0 Å². The van der Waals surface area contributed by atoms with Gasteiger partial charge in [-0.15, -0.1) is 0 Å². The average Bonchev–Trinajstić information content (AvgIpc) is 2.07. The second-order valence-corrected chi connectivity index (χ2v) is 4.00. The monoisotopic (exact) mass is 181 g/mol. The van der Waals surface area contributed by atoms with Crippen LogP contribution in [0.25, 0.3) is 0 Å². The first-order valence-corrected chi connectivity index (χ1v) is 5.15. The van der Waals surface area contributed by atoms with Gasteiger partial charge in [-0.2, -0.15) is 0 Å². The van der Waals surface area contributed by atoms with E-state index in [1.165, 1.54) is 0 Å². The number of nitrogens with zero attached hydrogens (tertiary/aromatic N) is 1. The Labute approximate surface area is 83.1 Å². The van der Waals surface area contributed by atoms with Gasteiger partial charge in [-0.05, 0) is 33.3 Å². The third-order valence-electron chi connectivity index (χ3n) is 1.99. The summed E-state index contributed by atoms with van der Waals surface area (Å²) in [6, 6.07) is 0. The van der Waals surface area contributed by atoms with E-state index in [-0.39, 0.29) is 5.54 Å². The van der Waals surface area contributed by atoms with E-state index in [1.807, 2.05) is 13.8 Å². The van der Waals surface area contributed by atoms with E-state index in [0.29, 0.717) is 0 Å². The molecule has 0 fully saturated rings. The molecule has 1 aliphatic heterocycles. The normalized spacial score (nSPS) is 16.7. The zero-order valence-electron chi connectivity index (χ0n) is 9.72. The van der Waals surface area contributed by atoms with E-state index in [9.17, 15) is 0 Å². The SMILES string of the molecule is C=C1C=CCCN1C(C)(C)C.CC. The van der Waals surface area contributed by atoms with Gasteiger partial charge in [0.05, 0.1) is 0 Å². The highest BCUT2D eigenvalue weighted by Gasteiger charge is 2.21. The molecule has 0 aromatic heterocycles. The van der Waals surface area contributed by atoms with Crippen molar-refractivity contribution in [2.45, 2.75) is 46.6 Å². The lowest BCUT2D eigenvalue weighted by atomic mass is 10.0. The molecule has 0 aromatic carbocycles. The van der Waals surface area contributed by atoms with Gasteiger partial charge >= 0.3 is 0 Å². The van der Waals surface area contributed by atoms with E-state index in [0.717, 1.165) is 18.7 Å². The zero-order chi connectivity index (χ0) is 10.5. The molecule has 0 bridgehead atoms. The quantitative estimate of drug-likeness (QED) is 0.552. The van der Waals surface area contributed by atoms with Crippen molar-refractivity contribution in [1.29, 1.82) is 0 Å². The number of rotatable bonds is 0. The second kappa shape index (κ2) is 5.11. The molecule has 1 heteroatoms. The van der Waals surface area contributed by atoms with Crippen LogP contribution in [0.1, 0.15) is 41.0 Å². The van der Waals surface area contributed by atoms with Gasteiger partial charge in [0.1, 0.15) is 0 Å². The van der Waals surface area contributed by atoms with Crippen LogP contribution in [0, 0.1) is 0 Å². The maximum atomic E-state index is 4.00. The smallest absolute Gasteiger partial charge is 0.0317 e. The Morgan fingerprint density at radius 2 is 1.85 bits per heavy atom. The van der Waals surface area contributed by atoms with Gasteiger partial charge in [0, 0.05) is 17.8 Å². The van der Waals surface area contributed by atoms with E-state index in [2.05, 4.69) is 44.4 Å². The van der Waals surface area contributed by atoms with E-state index >= 15 is 0 Å². The van der Waals surface area contributed by atoms with Gasteiger partial charge in [-0.25, -0.2) is 0 Å². The average molecular weight is 181 g/mol. The summed E-state index contributed by atoms with van der Waals surface area (Å²) in [5.41, 5.74) is 1.37. The minimum Gasteiger partial charge on any atom is -0.367 e. The van der Waals surface area contributed by atoms with Crippen molar-refractivity contribution < 1.29 is 0 Å². The van der Waals surface area contributed by atoms with Crippen molar-refractivity contribution in [1.82, 2.24) is 4.90 Å². The van der Waals surface area contributed by atoms with E-state index < -0.39 is 0 Å². The zero-order valence-corrected chi connectivity index (χ0v) is 9.72. The highest BCUT2D eigenvalue weighted by molar-refractivity contribution is 5.18. The summed E-state index contributed by atoms with van der Waals surface area (Å²) in [5, 5.41) is 0. The maximum absolute atomic E-state index is 4.00. The fourth-order valence-corrected chi connectivity index (χ4v) is 1.42. The Bertz CT molecular complexity index is 184. The van der Waals surface area contributed by atoms with E-state index in [4.69, 9.17) is 0 Å². The van der Waals surface area contributed by atoms with Crippen molar-refractivity contribution in [3.8, 4) is 0 Å². The number of allylic oxidation sites excluding steroid dienone is 1. The summed E-state index contributed by atoms with van der Waals surface area (Å²) >= 11 is 0. The first kappa shape index (κ1) is 12.3. The number of hydrogen-bond acceptors (Lipinski definition) is 1. The first-order chi connectivity index (χ1) is 6.02. The van der Waals surface area contributed by atoms with Crippen LogP contribution in [0.4, 0.5) is 0 Å². The molecule has 0 amide bonds. The Morgan fingerprint density at radius 3 is 2.15 bits per heavy atom. The Balaban J connectivity index is 0.000000671. The predicted molar refractivity (Wildman–Crippen MR) is 60.7 cm³/mol. The molecule has 0 aromatic rings. The molecule has 0 saturated heterocycles. The Morgan fingerprint density at radius 1 is 1.31 bits per heavy atom. The maximum Gasteiger partial charge on any atom is 0.0317 e. The van der Waals surface area contributed by atoms with Crippen LogP contribution in [-0.2, 0) is 0 Å². The molecule has 1 aliphatic rings. The second-order valence-electron chi connectivity index (χ2n) is 4.00. The van der Waals surface area contributed by atoms with Gasteiger partial charge in [0.25, 0.3) is 0 Å². The lowest BCUT2D eigenvalue weighted by Crippen LogP contribution is -2.41. The Kier molecular flexibility index (Phi) is 4.82. The molecule has 0 unspecified atom stereocenters. The number of hydrogen-bond donors (Lipinski definition) is 0. The molecule has 13 heavy (non-hydrogen) atoms. The van der Waals surface area contributed by atoms with E-state index in [1.54, 1.807) is 0 Å². The third kappa shape index (κ3) is 3.67. The first-order valence-electron chi connectivity index (χ1n) is 5.15. The lowest BCUT2D eigenvalue weighted by molar-refractivity contribution is 0.191. The van der Waals surface area contributed by atoms with Crippen molar-refractivity contribution in [3.63, 3.8) is 0 Å². The highest BCUT2D eigenvalue weighted by atomic mass is 15.2. The topological polar surface area (TPSA) is 3.24 Å². The van der Waals surface area contributed by atoms with Gasteiger partial charge in [0.15, 0.2) is 0 Å². The van der Waals surface area contributed by atoms with Crippen molar-refractivity contribution >= 4 is 0 Å². The van der Waals surface area contributed by atoms with Crippen LogP contribution in [0.5, 0.6) is 0 Å². The van der Waals surface area contributed by atoms with Gasteiger partial charge < -0.3 is 4.90 Å². The molecular formula is C12H23N. The van der Waals surface area contributed by atoms with Crippen LogP contribution in [0.3, 0.4) is 0 Å². The standard InChI is InChI=1S/C10H17N.C2H6/c1-9-7-5-6-8-11(9)10(2,3)4;1-2/h5,7H,1,6,8H2,2-4H3;1-2H3. The summed E-state index contributed by atoms with van der Waals surface area (Å²) in [6.45, 7) is 15.8. The van der Waals surface area contributed by atoms with Crippen molar-refractivity contribution in [2.24, 2.45) is 0 Å². The molecule has 0 aliphatic carbocycles. The summed E-state index contributed by atoms with van der Waals surface area (Å²) in [7, 11) is 0. The third-order valence-corrected chi connectivity index (χ3v) is 1.99. The summed E-state index contributed by atoms with van der Waals surface area (Å²) in [6.07, 6.45) is 5.44. The van der Waals surface area contributed by atoms with Crippen LogP contribution in [-0.4, -0.2) is 17.0 Å². The molecule has 76 valence electrons. The molecule has 1 rings (SSSR count). The fourth-order valence-electron chi connectivity index (χ4n) is 1.42. The summed E-state index contributed by atoms with van der Waals surface area (Å²) in [4.78, 5) is 2.34. The molecular weight excluding hydrogens is 158 g/mol. The molecule has 0 saturated carbocycles. The minimum absolute atomic E-state index is 0.224. The lowest BCUT2D eigenvalue weighted by Gasteiger charge is -2.39. The van der Waals surface area contributed by atoms with Gasteiger partial charge in [-0.3, -0.25) is 0 Å². The molecule has 0 spiro atoms. The highest BCUT2D eigenvalue weighted by Crippen LogP contribution is 2.22. The van der Waals surface area contributed by atoms with Gasteiger partial charge in [0.2, 0.25) is 0 Å². The van der Waals surface area contributed by atoms with Crippen LogP contribution >= 0.6 is 0 Å². The van der Waals surface area contributed by atoms with Crippen molar-refractivity contribution in [2.75, 3.05) is 6.54 Å². The fraction of sp³-hybridized carbons (Fsp3) is 0.667. The summed E-state index contributed by atoms with van der Waals surface area (Å²) in [5.74, 6) is 0. The Hall–Kier alpha value is -0.720. The van der Waals surface area contributed by atoms with Crippen LogP contribution < -0.4 is 0 Å². The van der Waals surface area contributed by atoms with Crippen LogP contribution in [0.15, 0.2) is 24.4 Å². The largest absolute Gasteiger partial charge is 0.367 e. The molecule has 0 radical (unpaired) electrons. The predicted octanol–water partition coefficient (Wildman–Crippen LogP) is 3.59. The van der Waals surface area contributed by atoms with Gasteiger partial charge in [-0.1, -0.05) is 26.5 Å². The molecule has 0 atom stereocenters. The summed E-state index contributed by atoms with van der Waals surface area (Å²) < 4.78 is 0. The van der Waals surface area contributed by atoms with Crippen molar-refractivity contribution in [3.05, 3.63) is 24.4 Å². The minimum atomic E-state index is 0.224.